The lowest BCUT2D eigenvalue weighted by Crippen LogP contribution is -2.08. The quantitative estimate of drug-likeness (QED) is 0.726. The van der Waals surface area contributed by atoms with Crippen LogP contribution >= 0.6 is 0 Å². The molecule has 0 radical (unpaired) electrons. The number of benzene rings is 1. The van der Waals surface area contributed by atoms with Gasteiger partial charge in [-0.15, -0.1) is 0 Å². The van der Waals surface area contributed by atoms with E-state index in [9.17, 15) is 4.79 Å². The lowest BCUT2D eigenvalue weighted by Gasteiger charge is -2.04. The lowest BCUT2D eigenvalue weighted by atomic mass is 10.1. The highest BCUT2D eigenvalue weighted by Gasteiger charge is 2.14. The summed E-state index contributed by atoms with van der Waals surface area (Å²) in [6.45, 7) is 0.239. The molecule has 6 nitrogen and oxygen atoms in total. The van der Waals surface area contributed by atoms with Crippen molar-refractivity contribution in [2.75, 3.05) is 6.79 Å². The van der Waals surface area contributed by atoms with Crippen molar-refractivity contribution in [2.45, 2.75) is 0 Å². The van der Waals surface area contributed by atoms with Gasteiger partial charge in [-0.05, 0) is 30.3 Å². The van der Waals surface area contributed by atoms with E-state index >= 15 is 0 Å². The molecule has 3 heterocycles. The van der Waals surface area contributed by atoms with Crippen LogP contribution in [-0.2, 0) is 0 Å². The normalized spacial score (nSPS) is 12.8. The fourth-order valence-corrected chi connectivity index (χ4v) is 2.19. The zero-order valence-corrected chi connectivity index (χ0v) is 10.3. The topological polar surface area (TPSA) is 77.1 Å². The van der Waals surface area contributed by atoms with Crippen molar-refractivity contribution in [1.29, 1.82) is 0 Å². The highest BCUT2D eigenvalue weighted by Crippen LogP contribution is 2.35. The first kappa shape index (κ1) is 11.0. The number of ether oxygens (including phenoxy) is 2. The van der Waals surface area contributed by atoms with E-state index in [-0.39, 0.29) is 12.4 Å². The molecule has 6 heteroatoms. The largest absolute Gasteiger partial charge is 0.454 e. The molecule has 0 fully saturated rings. The molecule has 2 aromatic heterocycles. The molecule has 1 aliphatic heterocycles. The Hall–Kier alpha value is -2.89. The molecule has 0 unspecified atom stereocenters. The van der Waals surface area contributed by atoms with Crippen molar-refractivity contribution < 1.29 is 9.47 Å². The standard InChI is InChI=1S/C14H9N3O3/c18-14-9-2-3-10(16-11(9)6-15-17-14)8-1-4-12-13(5-8)20-7-19-12/h1-6H,7H2,(H,17,18). The van der Waals surface area contributed by atoms with Gasteiger partial charge in [0.15, 0.2) is 11.5 Å². The van der Waals surface area contributed by atoms with Gasteiger partial charge in [0, 0.05) is 5.56 Å². The molecule has 3 aromatic rings. The summed E-state index contributed by atoms with van der Waals surface area (Å²) in [6, 6.07) is 9.16. The monoisotopic (exact) mass is 267 g/mol. The molecule has 4 rings (SSSR count). The van der Waals surface area contributed by atoms with E-state index in [1.165, 1.54) is 6.20 Å². The number of fused-ring (bicyclic) bond motifs is 2. The van der Waals surface area contributed by atoms with Crippen LogP contribution in [0.25, 0.3) is 22.2 Å². The molecule has 0 spiro atoms. The summed E-state index contributed by atoms with van der Waals surface area (Å²) in [4.78, 5) is 16.0. The Morgan fingerprint density at radius 1 is 1.10 bits per heavy atom. The van der Waals surface area contributed by atoms with E-state index in [0.717, 1.165) is 17.0 Å². The second-order valence-electron chi connectivity index (χ2n) is 4.40. The fourth-order valence-electron chi connectivity index (χ4n) is 2.19. The molecule has 20 heavy (non-hydrogen) atoms. The molecule has 1 N–H and O–H groups in total. The lowest BCUT2D eigenvalue weighted by molar-refractivity contribution is 0.174. The SMILES string of the molecule is O=c1[nH]ncc2nc(-c3ccc4c(c3)OCO4)ccc12. The molecular weight excluding hydrogens is 258 g/mol. The van der Waals surface area contributed by atoms with Crippen molar-refractivity contribution in [3.05, 3.63) is 46.9 Å². The van der Waals surface area contributed by atoms with Crippen LogP contribution in [0, 0.1) is 0 Å². The Labute approximate surface area is 113 Å². The zero-order chi connectivity index (χ0) is 13.5. The van der Waals surface area contributed by atoms with E-state index in [2.05, 4.69) is 15.2 Å². The average molecular weight is 267 g/mol. The van der Waals surface area contributed by atoms with Gasteiger partial charge in [0.25, 0.3) is 5.56 Å². The number of pyridine rings is 1. The predicted octanol–water partition coefficient (Wildman–Crippen LogP) is 1.71. The molecule has 0 saturated carbocycles. The first-order valence-electron chi connectivity index (χ1n) is 6.06. The number of aromatic nitrogens is 3. The second kappa shape index (κ2) is 4.06. The van der Waals surface area contributed by atoms with Gasteiger partial charge >= 0.3 is 0 Å². The minimum absolute atomic E-state index is 0.239. The minimum Gasteiger partial charge on any atom is -0.454 e. The van der Waals surface area contributed by atoms with Crippen LogP contribution in [0.3, 0.4) is 0 Å². The summed E-state index contributed by atoms with van der Waals surface area (Å²) in [5.74, 6) is 1.43. The van der Waals surface area contributed by atoms with Crippen LogP contribution in [0.4, 0.5) is 0 Å². The zero-order valence-electron chi connectivity index (χ0n) is 10.3. The van der Waals surface area contributed by atoms with E-state index < -0.39 is 0 Å². The average Bonchev–Trinajstić information content (AvgIpc) is 2.94. The van der Waals surface area contributed by atoms with E-state index in [1.807, 2.05) is 18.2 Å². The maximum atomic E-state index is 11.6. The number of aromatic amines is 1. The molecule has 98 valence electrons. The van der Waals surface area contributed by atoms with Crippen LogP contribution < -0.4 is 15.0 Å². The van der Waals surface area contributed by atoms with Crippen LogP contribution in [-0.4, -0.2) is 22.0 Å². The highest BCUT2D eigenvalue weighted by atomic mass is 16.7. The van der Waals surface area contributed by atoms with E-state index in [4.69, 9.17) is 9.47 Å². The summed E-state index contributed by atoms with van der Waals surface area (Å²) >= 11 is 0. The van der Waals surface area contributed by atoms with Gasteiger partial charge in [-0.1, -0.05) is 0 Å². The third-order valence-electron chi connectivity index (χ3n) is 3.19. The molecule has 0 amide bonds. The van der Waals surface area contributed by atoms with Gasteiger partial charge in [0.1, 0.15) is 0 Å². The van der Waals surface area contributed by atoms with Crippen LogP contribution in [0.15, 0.2) is 41.3 Å². The summed E-state index contributed by atoms with van der Waals surface area (Å²) in [6.07, 6.45) is 1.53. The molecule has 1 aromatic carbocycles. The maximum absolute atomic E-state index is 11.6. The number of hydrogen-bond acceptors (Lipinski definition) is 5. The third kappa shape index (κ3) is 1.62. The van der Waals surface area contributed by atoms with Crippen molar-refractivity contribution in [1.82, 2.24) is 15.2 Å². The minimum atomic E-state index is -0.243. The first-order valence-corrected chi connectivity index (χ1v) is 6.06. The van der Waals surface area contributed by atoms with Crippen LogP contribution in [0.5, 0.6) is 11.5 Å². The van der Waals surface area contributed by atoms with E-state index in [1.54, 1.807) is 12.1 Å². The Morgan fingerprint density at radius 2 is 2.00 bits per heavy atom. The van der Waals surface area contributed by atoms with Crippen molar-refractivity contribution in [3.63, 3.8) is 0 Å². The van der Waals surface area contributed by atoms with Gasteiger partial charge in [-0.25, -0.2) is 10.1 Å². The number of nitrogens with one attached hydrogen (secondary N) is 1. The number of H-pyrrole nitrogens is 1. The van der Waals surface area contributed by atoms with Crippen molar-refractivity contribution >= 4 is 10.9 Å². The molecule has 0 atom stereocenters. The van der Waals surface area contributed by atoms with Gasteiger partial charge in [-0.3, -0.25) is 4.79 Å². The molecule has 0 bridgehead atoms. The molecule has 0 aliphatic carbocycles. The predicted molar refractivity (Wildman–Crippen MR) is 71.7 cm³/mol. The van der Waals surface area contributed by atoms with Gasteiger partial charge in [0.2, 0.25) is 6.79 Å². The summed E-state index contributed by atoms with van der Waals surface area (Å²) < 4.78 is 10.6. The Morgan fingerprint density at radius 3 is 2.95 bits per heavy atom. The highest BCUT2D eigenvalue weighted by molar-refractivity contribution is 5.80. The number of nitrogens with zero attached hydrogens (tertiary/aromatic N) is 2. The van der Waals surface area contributed by atoms with Crippen molar-refractivity contribution in [3.8, 4) is 22.8 Å². The molecule has 1 aliphatic rings. The Bertz CT molecular complexity index is 873. The Kier molecular flexibility index (Phi) is 2.23. The maximum Gasteiger partial charge on any atom is 0.273 e. The second-order valence-corrected chi connectivity index (χ2v) is 4.40. The van der Waals surface area contributed by atoms with Crippen LogP contribution in [0.2, 0.25) is 0 Å². The van der Waals surface area contributed by atoms with Gasteiger partial charge < -0.3 is 9.47 Å². The smallest absolute Gasteiger partial charge is 0.273 e. The Balaban J connectivity index is 1.88. The molecule has 0 saturated heterocycles. The van der Waals surface area contributed by atoms with Crippen molar-refractivity contribution in [2.24, 2.45) is 0 Å². The van der Waals surface area contributed by atoms with Gasteiger partial charge in [-0.2, -0.15) is 5.10 Å². The fraction of sp³-hybridized carbons (Fsp3) is 0.0714. The summed E-state index contributed by atoms with van der Waals surface area (Å²) in [5, 5.41) is 6.66. The summed E-state index contributed by atoms with van der Waals surface area (Å²) in [7, 11) is 0. The first-order chi connectivity index (χ1) is 9.81. The summed E-state index contributed by atoms with van der Waals surface area (Å²) in [5.41, 5.74) is 1.97. The molecular formula is C14H9N3O3. The third-order valence-corrected chi connectivity index (χ3v) is 3.19. The number of hydrogen-bond donors (Lipinski definition) is 1. The number of rotatable bonds is 1. The van der Waals surface area contributed by atoms with Crippen LogP contribution in [0.1, 0.15) is 0 Å². The van der Waals surface area contributed by atoms with E-state index in [0.29, 0.717) is 16.7 Å². The van der Waals surface area contributed by atoms with Gasteiger partial charge in [0.05, 0.1) is 22.8 Å².